The van der Waals surface area contributed by atoms with Gasteiger partial charge in [0.2, 0.25) is 0 Å². The molecule has 110 valence electrons. The summed E-state index contributed by atoms with van der Waals surface area (Å²) < 4.78 is 6.94. The summed E-state index contributed by atoms with van der Waals surface area (Å²) >= 11 is 3.52. The summed E-state index contributed by atoms with van der Waals surface area (Å²) in [6.07, 6.45) is 2.15. The van der Waals surface area contributed by atoms with Crippen molar-refractivity contribution in [2.45, 2.75) is 32.7 Å². The molecule has 0 spiro atoms. The largest absolute Gasteiger partial charge is 0.493 e. The maximum atomic E-state index is 5.87. The van der Waals surface area contributed by atoms with Crippen LogP contribution in [-0.2, 0) is 0 Å². The van der Waals surface area contributed by atoms with E-state index in [4.69, 9.17) is 4.74 Å². The fraction of sp³-hybridized carbons (Fsp3) is 0.333. The van der Waals surface area contributed by atoms with E-state index in [2.05, 4.69) is 71.5 Å². The molecule has 1 N–H and O–H groups in total. The minimum absolute atomic E-state index is 0.303. The third-order valence-electron chi connectivity index (χ3n) is 3.81. The Bertz CT molecular complexity index is 633. The lowest BCUT2D eigenvalue weighted by Gasteiger charge is -2.20. The Labute approximate surface area is 134 Å². The zero-order valence-corrected chi connectivity index (χ0v) is 14.0. The topological polar surface area (TPSA) is 21.3 Å². The number of ether oxygens (including phenoxy) is 1. The lowest BCUT2D eigenvalue weighted by Crippen LogP contribution is -2.10. The minimum Gasteiger partial charge on any atom is -0.493 e. The Hall–Kier alpha value is -1.48. The van der Waals surface area contributed by atoms with Crippen molar-refractivity contribution in [3.8, 4) is 5.75 Å². The monoisotopic (exact) mass is 345 g/mol. The SMILES string of the molecule is Cc1cc(C)cc(NC2CCCOc3cc(Br)ccc32)c1. The van der Waals surface area contributed by atoms with Gasteiger partial charge in [-0.25, -0.2) is 0 Å². The predicted octanol–water partition coefficient (Wildman–Crippen LogP) is 5.39. The second-order valence-corrected chi connectivity index (χ2v) is 6.66. The molecule has 1 aliphatic rings. The Balaban J connectivity index is 1.91. The highest BCUT2D eigenvalue weighted by Crippen LogP contribution is 2.35. The molecule has 2 aromatic rings. The van der Waals surface area contributed by atoms with Crippen molar-refractivity contribution in [1.29, 1.82) is 0 Å². The number of benzene rings is 2. The first-order chi connectivity index (χ1) is 10.1. The van der Waals surface area contributed by atoms with Gasteiger partial charge in [0, 0.05) is 15.7 Å². The molecule has 3 heteroatoms. The lowest BCUT2D eigenvalue weighted by molar-refractivity contribution is 0.316. The lowest BCUT2D eigenvalue weighted by atomic mass is 10.0. The molecule has 3 rings (SSSR count). The van der Waals surface area contributed by atoms with Crippen LogP contribution in [-0.4, -0.2) is 6.61 Å². The first kappa shape index (κ1) is 14.5. The number of anilines is 1. The second-order valence-electron chi connectivity index (χ2n) is 5.75. The van der Waals surface area contributed by atoms with Gasteiger partial charge >= 0.3 is 0 Å². The van der Waals surface area contributed by atoms with E-state index in [9.17, 15) is 0 Å². The van der Waals surface area contributed by atoms with Gasteiger partial charge < -0.3 is 10.1 Å². The molecule has 0 aromatic heterocycles. The van der Waals surface area contributed by atoms with E-state index in [1.54, 1.807) is 0 Å². The highest BCUT2D eigenvalue weighted by molar-refractivity contribution is 9.10. The van der Waals surface area contributed by atoms with Crippen molar-refractivity contribution in [3.63, 3.8) is 0 Å². The minimum atomic E-state index is 0.303. The molecule has 0 fully saturated rings. The number of rotatable bonds is 2. The summed E-state index contributed by atoms with van der Waals surface area (Å²) in [5.74, 6) is 0.990. The van der Waals surface area contributed by atoms with Gasteiger partial charge in [-0.3, -0.25) is 0 Å². The molecule has 0 bridgehead atoms. The van der Waals surface area contributed by atoms with Gasteiger partial charge in [-0.05, 0) is 62.1 Å². The molecule has 1 heterocycles. The summed E-state index contributed by atoms with van der Waals surface area (Å²) in [7, 11) is 0. The molecule has 2 nitrogen and oxygen atoms in total. The molecule has 21 heavy (non-hydrogen) atoms. The fourth-order valence-electron chi connectivity index (χ4n) is 2.96. The van der Waals surface area contributed by atoms with Gasteiger partial charge in [-0.2, -0.15) is 0 Å². The van der Waals surface area contributed by atoms with E-state index in [-0.39, 0.29) is 0 Å². The van der Waals surface area contributed by atoms with Crippen LogP contribution in [0, 0.1) is 13.8 Å². The van der Waals surface area contributed by atoms with Crippen LogP contribution in [0.1, 0.15) is 35.6 Å². The summed E-state index contributed by atoms with van der Waals surface area (Å²) in [6.45, 7) is 5.06. The zero-order valence-electron chi connectivity index (χ0n) is 12.4. The zero-order chi connectivity index (χ0) is 14.8. The number of hydrogen-bond donors (Lipinski definition) is 1. The summed E-state index contributed by atoms with van der Waals surface area (Å²) in [5, 5.41) is 3.68. The van der Waals surface area contributed by atoms with Gasteiger partial charge in [0.1, 0.15) is 5.75 Å². The molecular weight excluding hydrogens is 326 g/mol. The van der Waals surface area contributed by atoms with E-state index in [0.717, 1.165) is 29.7 Å². The second kappa shape index (κ2) is 6.10. The molecule has 1 unspecified atom stereocenters. The fourth-order valence-corrected chi connectivity index (χ4v) is 3.30. The van der Waals surface area contributed by atoms with Crippen LogP contribution in [0.15, 0.2) is 40.9 Å². The van der Waals surface area contributed by atoms with Crippen molar-refractivity contribution in [1.82, 2.24) is 0 Å². The van der Waals surface area contributed by atoms with Crippen LogP contribution in [0.3, 0.4) is 0 Å². The van der Waals surface area contributed by atoms with Gasteiger partial charge in [-0.1, -0.05) is 28.1 Å². The van der Waals surface area contributed by atoms with E-state index >= 15 is 0 Å². The normalized spacial score (nSPS) is 17.6. The Morgan fingerprint density at radius 3 is 2.62 bits per heavy atom. The Morgan fingerprint density at radius 2 is 1.86 bits per heavy atom. The van der Waals surface area contributed by atoms with E-state index in [1.165, 1.54) is 22.4 Å². The summed E-state index contributed by atoms with van der Waals surface area (Å²) in [6, 6.07) is 13.2. The summed E-state index contributed by atoms with van der Waals surface area (Å²) in [4.78, 5) is 0. The van der Waals surface area contributed by atoms with Crippen LogP contribution >= 0.6 is 15.9 Å². The molecule has 0 radical (unpaired) electrons. The van der Waals surface area contributed by atoms with Gasteiger partial charge in [0.15, 0.2) is 0 Å². The van der Waals surface area contributed by atoms with Crippen LogP contribution in [0.25, 0.3) is 0 Å². The molecule has 2 aromatic carbocycles. The molecule has 1 atom stereocenters. The van der Waals surface area contributed by atoms with Crippen molar-refractivity contribution in [2.75, 3.05) is 11.9 Å². The van der Waals surface area contributed by atoms with Crippen LogP contribution in [0.2, 0.25) is 0 Å². The number of hydrogen-bond acceptors (Lipinski definition) is 2. The standard InChI is InChI=1S/C18H20BrNO/c1-12-8-13(2)10-15(9-12)20-17-4-3-7-21-18-11-14(19)5-6-16(17)18/h5-6,8-11,17,20H,3-4,7H2,1-2H3. The van der Waals surface area contributed by atoms with Crippen molar-refractivity contribution in [3.05, 3.63) is 57.6 Å². The Kier molecular flexibility index (Phi) is 4.20. The van der Waals surface area contributed by atoms with Gasteiger partial charge in [0.05, 0.1) is 12.6 Å². The quantitative estimate of drug-likeness (QED) is 0.787. The Morgan fingerprint density at radius 1 is 1.10 bits per heavy atom. The molecule has 0 amide bonds. The van der Waals surface area contributed by atoms with Crippen molar-refractivity contribution in [2.24, 2.45) is 0 Å². The van der Waals surface area contributed by atoms with Crippen molar-refractivity contribution >= 4 is 21.6 Å². The van der Waals surface area contributed by atoms with Crippen LogP contribution < -0.4 is 10.1 Å². The molecule has 1 aliphatic heterocycles. The first-order valence-electron chi connectivity index (χ1n) is 7.39. The maximum absolute atomic E-state index is 5.87. The average molecular weight is 346 g/mol. The number of aryl methyl sites for hydroxylation is 2. The highest BCUT2D eigenvalue weighted by atomic mass is 79.9. The van der Waals surface area contributed by atoms with Gasteiger partial charge in [0.25, 0.3) is 0 Å². The maximum Gasteiger partial charge on any atom is 0.125 e. The molecule has 0 saturated heterocycles. The van der Waals surface area contributed by atoms with Crippen LogP contribution in [0.4, 0.5) is 5.69 Å². The average Bonchev–Trinajstić information content (AvgIpc) is 2.60. The smallest absolute Gasteiger partial charge is 0.125 e. The molecule has 0 saturated carbocycles. The van der Waals surface area contributed by atoms with Crippen molar-refractivity contribution < 1.29 is 4.74 Å². The molecule has 0 aliphatic carbocycles. The van der Waals surface area contributed by atoms with E-state index in [0.29, 0.717) is 6.04 Å². The summed E-state index contributed by atoms with van der Waals surface area (Å²) in [5.41, 5.74) is 5.01. The highest BCUT2D eigenvalue weighted by Gasteiger charge is 2.20. The third-order valence-corrected chi connectivity index (χ3v) is 4.30. The predicted molar refractivity (Wildman–Crippen MR) is 91.2 cm³/mol. The van der Waals surface area contributed by atoms with E-state index < -0.39 is 0 Å². The van der Waals surface area contributed by atoms with E-state index in [1.807, 2.05) is 0 Å². The number of nitrogens with one attached hydrogen (secondary N) is 1. The number of halogens is 1. The first-order valence-corrected chi connectivity index (χ1v) is 8.18. The number of fused-ring (bicyclic) bond motifs is 1. The van der Waals surface area contributed by atoms with Crippen LogP contribution in [0.5, 0.6) is 5.75 Å². The molecular formula is C18H20BrNO. The third kappa shape index (κ3) is 3.41. The van der Waals surface area contributed by atoms with Gasteiger partial charge in [-0.15, -0.1) is 0 Å².